The highest BCUT2D eigenvalue weighted by Gasteiger charge is 2.13. The summed E-state index contributed by atoms with van der Waals surface area (Å²) in [6, 6.07) is 2.98. The number of halogens is 1. The van der Waals surface area contributed by atoms with E-state index in [2.05, 4.69) is 25.9 Å². The molecule has 0 aliphatic rings. The maximum atomic E-state index is 10.8. The van der Waals surface area contributed by atoms with Crippen molar-refractivity contribution in [3.8, 4) is 11.6 Å². The van der Waals surface area contributed by atoms with Crippen LogP contribution in [-0.4, -0.2) is 14.9 Å². The first-order valence-electron chi connectivity index (χ1n) is 4.95. The fourth-order valence-electron chi connectivity index (χ4n) is 1.32. The number of aromatic nitrogens is 2. The lowest BCUT2D eigenvalue weighted by atomic mass is 10.2. The number of hydrogen-bond donors (Lipinski definition) is 0. The third-order valence-corrected chi connectivity index (χ3v) is 2.58. The van der Waals surface area contributed by atoms with Gasteiger partial charge in [-0.15, -0.1) is 0 Å². The lowest BCUT2D eigenvalue weighted by molar-refractivity contribution is -0.385. The molecule has 0 bridgehead atoms. The summed E-state index contributed by atoms with van der Waals surface area (Å²) in [7, 11) is 0. The van der Waals surface area contributed by atoms with Gasteiger partial charge in [0.25, 0.3) is 5.69 Å². The highest BCUT2D eigenvalue weighted by molar-refractivity contribution is 9.10. The Kier molecular flexibility index (Phi) is 3.52. The molecular weight excluding hydrogens is 302 g/mol. The van der Waals surface area contributed by atoms with Crippen molar-refractivity contribution in [2.24, 2.45) is 0 Å². The maximum absolute atomic E-state index is 10.8. The molecule has 6 nitrogen and oxygen atoms in total. The molecule has 2 rings (SSSR count). The van der Waals surface area contributed by atoms with Crippen LogP contribution >= 0.6 is 15.9 Å². The molecule has 0 aliphatic carbocycles. The van der Waals surface area contributed by atoms with Crippen molar-refractivity contribution in [3.05, 3.63) is 50.9 Å². The Morgan fingerprint density at radius 1 is 1.33 bits per heavy atom. The monoisotopic (exact) mass is 309 g/mol. The van der Waals surface area contributed by atoms with E-state index in [1.54, 1.807) is 19.2 Å². The molecule has 0 aliphatic heterocycles. The molecule has 0 amide bonds. The molecule has 0 saturated heterocycles. The number of nitro groups is 1. The van der Waals surface area contributed by atoms with E-state index < -0.39 is 4.92 Å². The van der Waals surface area contributed by atoms with E-state index in [1.807, 2.05) is 0 Å². The van der Waals surface area contributed by atoms with E-state index in [1.165, 1.54) is 18.5 Å². The average molecular weight is 310 g/mol. The number of hydrogen-bond acceptors (Lipinski definition) is 5. The van der Waals surface area contributed by atoms with E-state index in [0.29, 0.717) is 11.3 Å². The van der Waals surface area contributed by atoms with Crippen molar-refractivity contribution in [1.82, 2.24) is 9.97 Å². The normalized spacial score (nSPS) is 10.1. The van der Waals surface area contributed by atoms with E-state index in [9.17, 15) is 10.1 Å². The van der Waals surface area contributed by atoms with E-state index in [4.69, 9.17) is 4.74 Å². The zero-order valence-electron chi connectivity index (χ0n) is 9.33. The summed E-state index contributed by atoms with van der Waals surface area (Å²) in [5.74, 6) is 0.613. The second kappa shape index (κ2) is 5.09. The van der Waals surface area contributed by atoms with Gasteiger partial charge in [0, 0.05) is 22.4 Å². The van der Waals surface area contributed by atoms with Crippen molar-refractivity contribution in [2.45, 2.75) is 6.92 Å². The van der Waals surface area contributed by atoms with E-state index >= 15 is 0 Å². The quantitative estimate of drug-likeness (QED) is 0.642. The molecule has 18 heavy (non-hydrogen) atoms. The third-order valence-electron chi connectivity index (χ3n) is 2.15. The molecular formula is C11H8BrN3O3. The van der Waals surface area contributed by atoms with Crippen molar-refractivity contribution < 1.29 is 9.66 Å². The Morgan fingerprint density at radius 2 is 2.11 bits per heavy atom. The third kappa shape index (κ3) is 2.80. The molecule has 0 unspecified atom stereocenters. The van der Waals surface area contributed by atoms with Gasteiger partial charge in [-0.3, -0.25) is 15.1 Å². The van der Waals surface area contributed by atoms with Crippen LogP contribution in [0, 0.1) is 17.0 Å². The Hall–Kier alpha value is -2.02. The summed E-state index contributed by atoms with van der Waals surface area (Å²) >= 11 is 3.25. The highest BCUT2D eigenvalue weighted by atomic mass is 79.9. The summed E-state index contributed by atoms with van der Waals surface area (Å²) in [5.41, 5.74) is 0.461. The van der Waals surface area contributed by atoms with Crippen molar-refractivity contribution in [2.75, 3.05) is 0 Å². The van der Waals surface area contributed by atoms with Gasteiger partial charge >= 0.3 is 0 Å². The molecule has 2 aromatic heterocycles. The van der Waals surface area contributed by atoms with Gasteiger partial charge in [-0.05, 0) is 28.9 Å². The zero-order valence-corrected chi connectivity index (χ0v) is 10.9. The van der Waals surface area contributed by atoms with Crippen molar-refractivity contribution >= 4 is 21.6 Å². The minimum absolute atomic E-state index is 0.0250. The molecule has 0 aromatic carbocycles. The average Bonchev–Trinajstić information content (AvgIpc) is 2.31. The molecule has 92 valence electrons. The van der Waals surface area contributed by atoms with Gasteiger partial charge in [0.1, 0.15) is 5.75 Å². The molecule has 0 fully saturated rings. The van der Waals surface area contributed by atoms with Gasteiger partial charge in [-0.1, -0.05) is 0 Å². The number of rotatable bonds is 3. The number of aryl methyl sites for hydroxylation is 1. The molecule has 0 spiro atoms. The first kappa shape index (κ1) is 12.4. The van der Waals surface area contributed by atoms with Crippen LogP contribution in [0.2, 0.25) is 0 Å². The lowest BCUT2D eigenvalue weighted by Gasteiger charge is -2.05. The van der Waals surface area contributed by atoms with Crippen LogP contribution in [0.3, 0.4) is 0 Å². The molecule has 0 saturated carbocycles. The Balaban J connectivity index is 2.30. The van der Waals surface area contributed by atoms with Crippen LogP contribution in [-0.2, 0) is 0 Å². The van der Waals surface area contributed by atoms with Crippen molar-refractivity contribution in [3.63, 3.8) is 0 Å². The Bertz CT molecular complexity index is 604. The molecule has 0 atom stereocenters. The van der Waals surface area contributed by atoms with Gasteiger partial charge in [-0.25, -0.2) is 4.98 Å². The second-order valence-corrected chi connectivity index (χ2v) is 4.42. The predicted octanol–water partition coefficient (Wildman–Crippen LogP) is 3.25. The molecule has 2 heterocycles. The first-order chi connectivity index (χ1) is 8.56. The minimum Gasteiger partial charge on any atom is -0.437 e. The molecule has 0 radical (unpaired) electrons. The fraction of sp³-hybridized carbons (Fsp3) is 0.0909. The van der Waals surface area contributed by atoms with Crippen molar-refractivity contribution in [1.29, 1.82) is 0 Å². The Morgan fingerprint density at radius 3 is 2.78 bits per heavy atom. The van der Waals surface area contributed by atoms with Gasteiger partial charge in [0.05, 0.1) is 17.2 Å². The highest BCUT2D eigenvalue weighted by Crippen LogP contribution is 2.26. The number of pyridine rings is 2. The molecule has 2 aromatic rings. The van der Waals surface area contributed by atoms with Crippen LogP contribution in [0.1, 0.15) is 5.56 Å². The van der Waals surface area contributed by atoms with Crippen LogP contribution in [0.4, 0.5) is 5.69 Å². The maximum Gasteiger partial charge on any atom is 0.279 e. The van der Waals surface area contributed by atoms with Gasteiger partial charge < -0.3 is 4.74 Å². The van der Waals surface area contributed by atoms with Gasteiger partial charge in [-0.2, -0.15) is 0 Å². The summed E-state index contributed by atoms with van der Waals surface area (Å²) < 4.78 is 6.15. The van der Waals surface area contributed by atoms with Crippen LogP contribution in [0.5, 0.6) is 11.6 Å². The van der Waals surface area contributed by atoms with E-state index in [-0.39, 0.29) is 11.6 Å². The van der Waals surface area contributed by atoms with Crippen LogP contribution in [0.15, 0.2) is 35.2 Å². The minimum atomic E-state index is -0.469. The standard InChI is InChI=1S/C11H8BrN3O3/c1-7-4-14-11(3-10(7)15(16)17)18-9-2-8(12)5-13-6-9/h2-6H,1H3. The second-order valence-electron chi connectivity index (χ2n) is 3.51. The summed E-state index contributed by atoms with van der Waals surface area (Å²) in [4.78, 5) is 18.2. The number of nitrogens with zero attached hydrogens (tertiary/aromatic N) is 3. The molecule has 7 heteroatoms. The van der Waals surface area contributed by atoms with Gasteiger partial charge in [0.2, 0.25) is 5.88 Å². The predicted molar refractivity (Wildman–Crippen MR) is 67.6 cm³/mol. The lowest BCUT2D eigenvalue weighted by Crippen LogP contribution is -1.95. The fourth-order valence-corrected chi connectivity index (χ4v) is 1.66. The van der Waals surface area contributed by atoms with Crippen LogP contribution < -0.4 is 4.74 Å². The smallest absolute Gasteiger partial charge is 0.279 e. The topological polar surface area (TPSA) is 78.2 Å². The first-order valence-corrected chi connectivity index (χ1v) is 5.75. The summed E-state index contributed by atoms with van der Waals surface area (Å²) in [6.45, 7) is 1.62. The van der Waals surface area contributed by atoms with E-state index in [0.717, 1.165) is 4.47 Å². The Labute approximate surface area is 111 Å². The zero-order chi connectivity index (χ0) is 13.1. The largest absolute Gasteiger partial charge is 0.437 e. The summed E-state index contributed by atoms with van der Waals surface area (Å²) in [6.07, 6.45) is 4.51. The number of ether oxygens (including phenoxy) is 1. The molecule has 0 N–H and O–H groups in total. The van der Waals surface area contributed by atoms with Gasteiger partial charge in [0.15, 0.2) is 0 Å². The van der Waals surface area contributed by atoms with Crippen LogP contribution in [0.25, 0.3) is 0 Å². The SMILES string of the molecule is Cc1cnc(Oc2cncc(Br)c2)cc1[N+](=O)[O-]. The summed E-state index contributed by atoms with van der Waals surface area (Å²) in [5, 5.41) is 10.8.